The normalized spacial score (nSPS) is 23.0. The summed E-state index contributed by atoms with van der Waals surface area (Å²) in [6.07, 6.45) is 4.05. The second-order valence-corrected chi connectivity index (χ2v) is 6.76. The van der Waals surface area contributed by atoms with E-state index >= 15 is 0 Å². The van der Waals surface area contributed by atoms with Crippen LogP contribution in [-0.4, -0.2) is 49.7 Å². The lowest BCUT2D eigenvalue weighted by Crippen LogP contribution is -2.43. The summed E-state index contributed by atoms with van der Waals surface area (Å²) in [4.78, 5) is 14.6. The van der Waals surface area contributed by atoms with Crippen LogP contribution in [0.2, 0.25) is 0 Å². The molecular weight excluding hydrogens is 298 g/mol. The first-order chi connectivity index (χ1) is 10.8. The van der Waals surface area contributed by atoms with Crippen molar-refractivity contribution in [3.8, 4) is 0 Å². The van der Waals surface area contributed by atoms with Gasteiger partial charge in [0, 0.05) is 30.3 Å². The number of nitrogens with zero attached hydrogens (tertiary/aromatic N) is 1. The lowest BCUT2D eigenvalue weighted by atomic mass is 9.96. The summed E-state index contributed by atoms with van der Waals surface area (Å²) >= 11 is 1.79. The minimum absolute atomic E-state index is 0.124. The molecule has 0 aromatic heterocycles. The number of likely N-dealkylation sites (tertiary alicyclic amines) is 1. The zero-order valence-electron chi connectivity index (χ0n) is 13.0. The highest BCUT2D eigenvalue weighted by Gasteiger charge is 2.32. The number of ether oxygens (including phenoxy) is 2. The maximum Gasteiger partial charge on any atom is 0.253 e. The predicted molar refractivity (Wildman–Crippen MR) is 88.0 cm³/mol. The smallest absolute Gasteiger partial charge is 0.253 e. The second kappa shape index (κ2) is 7.49. The van der Waals surface area contributed by atoms with E-state index in [0.717, 1.165) is 37.2 Å². The summed E-state index contributed by atoms with van der Waals surface area (Å²) in [6.45, 7) is 2.91. The first kappa shape index (κ1) is 15.8. The summed E-state index contributed by atoms with van der Waals surface area (Å²) in [5.41, 5.74) is 2.03. The van der Waals surface area contributed by atoms with Crippen LogP contribution in [0.3, 0.4) is 0 Å². The van der Waals surface area contributed by atoms with Crippen LogP contribution in [0.15, 0.2) is 24.3 Å². The maximum atomic E-state index is 12.7. The van der Waals surface area contributed by atoms with E-state index in [0.29, 0.717) is 19.1 Å². The van der Waals surface area contributed by atoms with Crippen LogP contribution in [0.1, 0.15) is 28.8 Å². The Kier molecular flexibility index (Phi) is 5.39. The molecule has 0 N–H and O–H groups in total. The zero-order valence-corrected chi connectivity index (χ0v) is 13.8. The molecule has 0 saturated carbocycles. The summed E-state index contributed by atoms with van der Waals surface area (Å²) in [5, 5.41) is 0. The van der Waals surface area contributed by atoms with Gasteiger partial charge in [-0.25, -0.2) is 0 Å². The maximum absolute atomic E-state index is 12.7. The summed E-state index contributed by atoms with van der Waals surface area (Å²) in [6, 6.07) is 7.99. The van der Waals surface area contributed by atoms with Crippen molar-refractivity contribution in [2.24, 2.45) is 5.92 Å². The Morgan fingerprint density at radius 3 is 2.68 bits per heavy atom. The molecule has 0 bridgehead atoms. The van der Waals surface area contributed by atoms with Gasteiger partial charge < -0.3 is 14.4 Å². The van der Waals surface area contributed by atoms with E-state index < -0.39 is 0 Å². The van der Waals surface area contributed by atoms with E-state index in [2.05, 4.69) is 6.26 Å². The molecule has 120 valence electrons. The van der Waals surface area contributed by atoms with Crippen molar-refractivity contribution < 1.29 is 14.3 Å². The number of rotatable bonds is 4. The van der Waals surface area contributed by atoms with Gasteiger partial charge in [-0.2, -0.15) is 11.8 Å². The third-order valence-electron chi connectivity index (χ3n) is 4.29. The zero-order chi connectivity index (χ0) is 15.4. The molecule has 1 atom stereocenters. The standard InChI is InChI=1S/C17H23NO3S/c1-22-12-13-4-6-14(7-5-13)16(19)18-8-2-3-15(11-18)17-20-9-10-21-17/h4-7,15,17H,2-3,8-12H2,1H3. The molecule has 2 fully saturated rings. The van der Waals surface area contributed by atoms with Crippen molar-refractivity contribution in [1.82, 2.24) is 4.90 Å². The van der Waals surface area contributed by atoms with Crippen LogP contribution in [0.4, 0.5) is 0 Å². The highest BCUT2D eigenvalue weighted by molar-refractivity contribution is 7.97. The molecule has 0 radical (unpaired) electrons. The molecule has 0 spiro atoms. The van der Waals surface area contributed by atoms with Crippen LogP contribution in [0.5, 0.6) is 0 Å². The fourth-order valence-corrected chi connectivity index (χ4v) is 3.68. The minimum atomic E-state index is -0.125. The van der Waals surface area contributed by atoms with Crippen LogP contribution in [-0.2, 0) is 15.2 Å². The number of thioether (sulfide) groups is 1. The van der Waals surface area contributed by atoms with Crippen molar-refractivity contribution in [2.45, 2.75) is 24.9 Å². The predicted octanol–water partition coefficient (Wildman–Crippen LogP) is 2.77. The Bertz CT molecular complexity index is 499. The van der Waals surface area contributed by atoms with Gasteiger partial charge in [0.25, 0.3) is 5.91 Å². The van der Waals surface area contributed by atoms with Crippen LogP contribution < -0.4 is 0 Å². The number of hydrogen-bond acceptors (Lipinski definition) is 4. The van der Waals surface area contributed by atoms with Crippen LogP contribution >= 0.6 is 11.8 Å². The van der Waals surface area contributed by atoms with Gasteiger partial charge in [-0.3, -0.25) is 4.79 Å². The largest absolute Gasteiger partial charge is 0.350 e. The average Bonchev–Trinajstić information content (AvgIpc) is 3.10. The Labute approximate surface area is 136 Å². The lowest BCUT2D eigenvalue weighted by molar-refractivity contribution is -0.0969. The number of piperidine rings is 1. The first-order valence-electron chi connectivity index (χ1n) is 7.88. The molecule has 1 aromatic carbocycles. The van der Waals surface area contributed by atoms with Gasteiger partial charge >= 0.3 is 0 Å². The molecule has 1 unspecified atom stereocenters. The molecule has 4 nitrogen and oxygen atoms in total. The van der Waals surface area contributed by atoms with Crippen molar-refractivity contribution in [1.29, 1.82) is 0 Å². The molecule has 2 heterocycles. The molecule has 0 aliphatic carbocycles. The van der Waals surface area contributed by atoms with Crippen molar-refractivity contribution in [3.63, 3.8) is 0 Å². The highest BCUT2D eigenvalue weighted by atomic mass is 32.2. The Hall–Kier alpha value is -1.04. The quantitative estimate of drug-likeness (QED) is 0.855. The van der Waals surface area contributed by atoms with Gasteiger partial charge in [0.05, 0.1) is 13.2 Å². The van der Waals surface area contributed by atoms with Gasteiger partial charge in [0.2, 0.25) is 0 Å². The topological polar surface area (TPSA) is 38.8 Å². The van der Waals surface area contributed by atoms with Gasteiger partial charge in [0.1, 0.15) is 0 Å². The lowest BCUT2D eigenvalue weighted by Gasteiger charge is -2.34. The van der Waals surface area contributed by atoms with Gasteiger partial charge in [-0.15, -0.1) is 0 Å². The SMILES string of the molecule is CSCc1ccc(C(=O)N2CCCC(C3OCCO3)C2)cc1. The molecule has 1 amide bonds. The van der Waals surface area contributed by atoms with E-state index in [1.807, 2.05) is 29.2 Å². The molecule has 2 aliphatic rings. The van der Waals surface area contributed by atoms with E-state index in [1.54, 1.807) is 11.8 Å². The molecule has 22 heavy (non-hydrogen) atoms. The van der Waals surface area contributed by atoms with Crippen LogP contribution in [0.25, 0.3) is 0 Å². The first-order valence-corrected chi connectivity index (χ1v) is 9.27. The summed E-state index contributed by atoms with van der Waals surface area (Å²) in [5.74, 6) is 1.41. The number of amides is 1. The summed E-state index contributed by atoms with van der Waals surface area (Å²) < 4.78 is 11.2. The highest BCUT2D eigenvalue weighted by Crippen LogP contribution is 2.26. The summed E-state index contributed by atoms with van der Waals surface area (Å²) in [7, 11) is 0. The molecule has 2 saturated heterocycles. The van der Waals surface area contributed by atoms with Gasteiger partial charge in [-0.05, 0) is 36.8 Å². The van der Waals surface area contributed by atoms with Crippen molar-refractivity contribution in [3.05, 3.63) is 35.4 Å². The van der Waals surface area contributed by atoms with Crippen molar-refractivity contribution >= 4 is 17.7 Å². The Balaban J connectivity index is 1.63. The van der Waals surface area contributed by atoms with Crippen LogP contribution in [0, 0.1) is 5.92 Å². The fourth-order valence-electron chi connectivity index (χ4n) is 3.16. The number of hydrogen-bond donors (Lipinski definition) is 0. The average molecular weight is 321 g/mol. The van der Waals surface area contributed by atoms with E-state index in [4.69, 9.17) is 9.47 Å². The number of carbonyl (C=O) groups excluding carboxylic acids is 1. The molecular formula is C17H23NO3S. The van der Waals surface area contributed by atoms with Crippen molar-refractivity contribution in [2.75, 3.05) is 32.6 Å². The Morgan fingerprint density at radius 2 is 2.00 bits per heavy atom. The molecule has 5 heteroatoms. The van der Waals surface area contributed by atoms with Gasteiger partial charge in [0.15, 0.2) is 6.29 Å². The molecule has 3 rings (SSSR count). The third-order valence-corrected chi connectivity index (χ3v) is 4.91. The number of benzene rings is 1. The monoisotopic (exact) mass is 321 g/mol. The number of carbonyl (C=O) groups is 1. The van der Waals surface area contributed by atoms with Gasteiger partial charge in [-0.1, -0.05) is 12.1 Å². The fraction of sp³-hybridized carbons (Fsp3) is 0.588. The van der Waals surface area contributed by atoms with E-state index in [-0.39, 0.29) is 12.2 Å². The van der Waals surface area contributed by atoms with E-state index in [9.17, 15) is 4.79 Å². The minimum Gasteiger partial charge on any atom is -0.350 e. The second-order valence-electron chi connectivity index (χ2n) is 5.89. The Morgan fingerprint density at radius 1 is 1.27 bits per heavy atom. The van der Waals surface area contributed by atoms with E-state index in [1.165, 1.54) is 5.56 Å². The molecule has 2 aliphatic heterocycles. The molecule has 1 aromatic rings. The third kappa shape index (κ3) is 3.65.